The smallest absolute Gasteiger partial charge is 0.266 e. The minimum atomic E-state index is -0.409. The van der Waals surface area contributed by atoms with Crippen LogP contribution >= 0.6 is 47.2 Å². The summed E-state index contributed by atoms with van der Waals surface area (Å²) in [7, 11) is 0. The minimum Gasteiger partial charge on any atom is -0.331 e. The van der Waals surface area contributed by atoms with Crippen LogP contribution in [0, 0.1) is 0 Å². The van der Waals surface area contributed by atoms with Crippen molar-refractivity contribution in [1.29, 1.82) is 0 Å². The van der Waals surface area contributed by atoms with E-state index >= 15 is 0 Å². The summed E-state index contributed by atoms with van der Waals surface area (Å²) in [5, 5.41) is 6.38. The number of imide groups is 1. The normalized spacial score (nSPS) is 12.5. The second-order valence-electron chi connectivity index (χ2n) is 6.90. The summed E-state index contributed by atoms with van der Waals surface area (Å²) in [6.45, 7) is 0. The highest BCUT2D eigenvalue weighted by molar-refractivity contribution is 8.00. The van der Waals surface area contributed by atoms with Gasteiger partial charge < -0.3 is 10.6 Å². The van der Waals surface area contributed by atoms with Gasteiger partial charge >= 0.3 is 0 Å². The zero-order chi connectivity index (χ0) is 23.5. The summed E-state index contributed by atoms with van der Waals surface area (Å²) in [5.74, 6) is -0.941. The standard InChI is InChI=1S/C23H15Cl2N3O3S2/c24-13-5-8-15(9-6-13)33-12-20(29)27-23(32)26-19-10-7-14(11-18(19)25)28-21(30)16-3-1-2-4-17(16)22(28)31/h1-11H,12H2,(H2,26,27,29,32). The van der Waals surface area contributed by atoms with E-state index in [4.69, 9.17) is 35.4 Å². The van der Waals surface area contributed by atoms with Gasteiger partial charge in [-0.15, -0.1) is 11.8 Å². The van der Waals surface area contributed by atoms with Crippen LogP contribution in [-0.2, 0) is 4.79 Å². The molecule has 0 fully saturated rings. The van der Waals surface area contributed by atoms with E-state index in [1.165, 1.54) is 17.8 Å². The molecule has 2 N–H and O–H groups in total. The first-order valence-corrected chi connectivity index (χ1v) is 11.7. The van der Waals surface area contributed by atoms with Crippen molar-refractivity contribution < 1.29 is 14.4 Å². The van der Waals surface area contributed by atoms with Gasteiger partial charge in [0.15, 0.2) is 5.11 Å². The molecule has 1 aliphatic rings. The lowest BCUT2D eigenvalue weighted by molar-refractivity contribution is -0.117. The second-order valence-corrected chi connectivity index (χ2v) is 9.20. The predicted octanol–water partition coefficient (Wildman–Crippen LogP) is 5.40. The lowest BCUT2D eigenvalue weighted by Crippen LogP contribution is -2.35. The zero-order valence-electron chi connectivity index (χ0n) is 16.8. The van der Waals surface area contributed by atoms with E-state index in [0.717, 1.165) is 9.80 Å². The average molecular weight is 516 g/mol. The van der Waals surface area contributed by atoms with Gasteiger partial charge in [0.2, 0.25) is 5.91 Å². The number of nitrogens with zero attached hydrogens (tertiary/aromatic N) is 1. The van der Waals surface area contributed by atoms with E-state index in [1.807, 2.05) is 12.1 Å². The summed E-state index contributed by atoms with van der Waals surface area (Å²) >= 11 is 18.7. The summed E-state index contributed by atoms with van der Waals surface area (Å²) in [6.07, 6.45) is 0. The molecule has 1 aliphatic heterocycles. The number of halogens is 2. The Morgan fingerprint density at radius 1 is 0.939 bits per heavy atom. The number of anilines is 2. The van der Waals surface area contributed by atoms with Gasteiger partial charge in [0.25, 0.3) is 11.8 Å². The Morgan fingerprint density at radius 3 is 2.18 bits per heavy atom. The van der Waals surface area contributed by atoms with Gasteiger partial charge in [-0.25, -0.2) is 4.90 Å². The van der Waals surface area contributed by atoms with Crippen LogP contribution in [0.3, 0.4) is 0 Å². The largest absolute Gasteiger partial charge is 0.331 e. The van der Waals surface area contributed by atoms with Crippen LogP contribution in [0.4, 0.5) is 11.4 Å². The summed E-state index contributed by atoms with van der Waals surface area (Å²) in [5.41, 5.74) is 1.46. The minimum absolute atomic E-state index is 0.0760. The van der Waals surface area contributed by atoms with Crippen molar-refractivity contribution in [3.05, 3.63) is 87.9 Å². The van der Waals surface area contributed by atoms with Crippen molar-refractivity contribution in [1.82, 2.24) is 5.32 Å². The van der Waals surface area contributed by atoms with Crippen molar-refractivity contribution >= 4 is 81.4 Å². The molecule has 0 radical (unpaired) electrons. The Bertz CT molecular complexity index is 1250. The lowest BCUT2D eigenvalue weighted by Gasteiger charge is -2.16. The van der Waals surface area contributed by atoms with E-state index in [1.54, 1.807) is 48.5 Å². The highest BCUT2D eigenvalue weighted by Gasteiger charge is 2.36. The van der Waals surface area contributed by atoms with Gasteiger partial charge in [0.1, 0.15) is 0 Å². The number of amides is 3. The molecule has 10 heteroatoms. The maximum atomic E-state index is 12.7. The van der Waals surface area contributed by atoms with E-state index in [2.05, 4.69) is 10.6 Å². The Hall–Kier alpha value is -2.91. The van der Waals surface area contributed by atoms with Crippen LogP contribution in [0.2, 0.25) is 10.0 Å². The number of rotatable bonds is 5. The highest BCUT2D eigenvalue weighted by Crippen LogP contribution is 2.32. The number of fused-ring (bicyclic) bond motifs is 1. The number of hydrogen-bond donors (Lipinski definition) is 2. The van der Waals surface area contributed by atoms with Crippen molar-refractivity contribution in [2.24, 2.45) is 0 Å². The highest BCUT2D eigenvalue weighted by atomic mass is 35.5. The fourth-order valence-corrected chi connectivity index (χ4v) is 4.43. The molecule has 33 heavy (non-hydrogen) atoms. The maximum Gasteiger partial charge on any atom is 0.266 e. The molecule has 0 bridgehead atoms. The van der Waals surface area contributed by atoms with E-state index in [-0.39, 0.29) is 21.8 Å². The molecule has 1 heterocycles. The number of carbonyl (C=O) groups is 3. The first-order chi connectivity index (χ1) is 15.8. The third-order valence-electron chi connectivity index (χ3n) is 4.69. The van der Waals surface area contributed by atoms with Crippen LogP contribution < -0.4 is 15.5 Å². The van der Waals surface area contributed by atoms with Crippen molar-refractivity contribution in [2.75, 3.05) is 16.0 Å². The first-order valence-electron chi connectivity index (χ1n) is 9.60. The molecule has 0 saturated heterocycles. The fourth-order valence-electron chi connectivity index (χ4n) is 3.16. The summed E-state index contributed by atoms with van der Waals surface area (Å²) < 4.78 is 0. The third-order valence-corrected chi connectivity index (χ3v) is 6.47. The molecule has 3 aromatic carbocycles. The summed E-state index contributed by atoms with van der Waals surface area (Å²) in [6, 6.07) is 18.4. The van der Waals surface area contributed by atoms with E-state index in [0.29, 0.717) is 27.5 Å². The van der Waals surface area contributed by atoms with Crippen LogP contribution in [0.25, 0.3) is 0 Å². The van der Waals surface area contributed by atoms with Crippen LogP contribution in [-0.4, -0.2) is 28.6 Å². The van der Waals surface area contributed by atoms with E-state index < -0.39 is 11.8 Å². The number of thioether (sulfide) groups is 1. The van der Waals surface area contributed by atoms with Gasteiger partial charge in [-0.3, -0.25) is 14.4 Å². The lowest BCUT2D eigenvalue weighted by atomic mass is 10.1. The summed E-state index contributed by atoms with van der Waals surface area (Å²) in [4.78, 5) is 39.5. The number of thiocarbonyl (C=S) groups is 1. The Morgan fingerprint density at radius 2 is 1.58 bits per heavy atom. The predicted molar refractivity (Wildman–Crippen MR) is 136 cm³/mol. The monoisotopic (exact) mass is 515 g/mol. The van der Waals surface area contributed by atoms with E-state index in [9.17, 15) is 14.4 Å². The molecule has 0 unspecified atom stereocenters. The van der Waals surface area contributed by atoms with Crippen molar-refractivity contribution in [3.8, 4) is 0 Å². The van der Waals surface area contributed by atoms with Gasteiger partial charge in [0.05, 0.1) is 33.3 Å². The molecular weight excluding hydrogens is 501 g/mol. The molecule has 0 spiro atoms. The molecule has 0 saturated carbocycles. The Labute approximate surface area is 209 Å². The molecule has 4 rings (SSSR count). The molecule has 3 aromatic rings. The zero-order valence-corrected chi connectivity index (χ0v) is 19.9. The first kappa shape index (κ1) is 23.3. The Balaban J connectivity index is 1.37. The van der Waals surface area contributed by atoms with Gasteiger partial charge in [0, 0.05) is 9.92 Å². The van der Waals surface area contributed by atoms with Gasteiger partial charge in [-0.2, -0.15) is 0 Å². The molecule has 0 atom stereocenters. The molecule has 0 aromatic heterocycles. The third kappa shape index (κ3) is 5.20. The fraction of sp³-hybridized carbons (Fsp3) is 0.0435. The molecule has 6 nitrogen and oxygen atoms in total. The number of benzene rings is 3. The topological polar surface area (TPSA) is 78.5 Å². The van der Waals surface area contributed by atoms with Crippen LogP contribution in [0.1, 0.15) is 20.7 Å². The van der Waals surface area contributed by atoms with Gasteiger partial charge in [-0.05, 0) is 66.8 Å². The van der Waals surface area contributed by atoms with Crippen molar-refractivity contribution in [2.45, 2.75) is 4.90 Å². The average Bonchev–Trinajstić information content (AvgIpc) is 3.05. The molecule has 0 aliphatic carbocycles. The maximum absolute atomic E-state index is 12.7. The SMILES string of the molecule is O=C(CSc1ccc(Cl)cc1)NC(=S)Nc1ccc(N2C(=O)c3ccccc3C2=O)cc1Cl. The number of carbonyl (C=O) groups excluding carboxylic acids is 3. The Kier molecular flexibility index (Phi) is 6.99. The molecule has 166 valence electrons. The number of nitrogens with one attached hydrogen (secondary N) is 2. The van der Waals surface area contributed by atoms with Crippen molar-refractivity contribution in [3.63, 3.8) is 0 Å². The quantitative estimate of drug-likeness (QED) is 0.269. The van der Waals surface area contributed by atoms with Gasteiger partial charge in [-0.1, -0.05) is 35.3 Å². The van der Waals surface area contributed by atoms with Crippen LogP contribution in [0.5, 0.6) is 0 Å². The second kappa shape index (κ2) is 9.93. The molecule has 3 amide bonds. The molecular formula is C23H15Cl2N3O3S2. The van der Waals surface area contributed by atoms with Crippen LogP contribution in [0.15, 0.2) is 71.6 Å². The number of hydrogen-bond acceptors (Lipinski definition) is 5.